The molecule has 8 heteroatoms. The number of hydrogen-bond acceptors (Lipinski definition) is 8. The highest BCUT2D eigenvalue weighted by Crippen LogP contribution is 2.35. The number of hydrogen-bond donors (Lipinski definition) is 0. The Kier molecular flexibility index (Phi) is 10.8. The van der Waals surface area contributed by atoms with Crippen molar-refractivity contribution in [3.63, 3.8) is 0 Å². The summed E-state index contributed by atoms with van der Waals surface area (Å²) in [4.78, 5) is 0. The van der Waals surface area contributed by atoms with Gasteiger partial charge < -0.3 is 37.9 Å². The van der Waals surface area contributed by atoms with Crippen molar-refractivity contribution in [2.45, 2.75) is 77.2 Å². The van der Waals surface area contributed by atoms with Crippen molar-refractivity contribution < 1.29 is 37.9 Å². The first-order valence-corrected chi connectivity index (χ1v) is 17.0. The van der Waals surface area contributed by atoms with Crippen molar-refractivity contribution in [3.8, 4) is 23.0 Å². The summed E-state index contributed by atoms with van der Waals surface area (Å²) in [5.41, 5.74) is 4.39. The van der Waals surface area contributed by atoms with E-state index < -0.39 is 12.6 Å². The molecule has 0 saturated carbocycles. The minimum Gasteiger partial charge on any atom is -0.491 e. The lowest BCUT2D eigenvalue weighted by Crippen LogP contribution is -2.23. The van der Waals surface area contributed by atoms with Gasteiger partial charge in [0.2, 0.25) is 0 Å². The molecule has 0 radical (unpaired) electrons. The maximum atomic E-state index is 5.98. The normalized spacial score (nSPS) is 18.3. The number of benzene rings is 4. The van der Waals surface area contributed by atoms with E-state index in [1.807, 2.05) is 62.4 Å². The van der Waals surface area contributed by atoms with Gasteiger partial charge in [-0.1, -0.05) is 76.2 Å². The summed E-state index contributed by atoms with van der Waals surface area (Å²) in [5, 5.41) is 0. The highest BCUT2D eigenvalue weighted by Gasteiger charge is 2.26. The van der Waals surface area contributed by atoms with E-state index in [1.165, 1.54) is 22.3 Å². The number of ether oxygens (including phenoxy) is 8. The first-order valence-electron chi connectivity index (χ1n) is 17.0. The Morgan fingerprint density at radius 3 is 1.08 bits per heavy atom. The molecule has 0 N–H and O–H groups in total. The van der Waals surface area contributed by atoms with Crippen LogP contribution in [0, 0.1) is 0 Å². The highest BCUT2D eigenvalue weighted by molar-refractivity contribution is 5.43. The third kappa shape index (κ3) is 9.55. The van der Waals surface area contributed by atoms with Crippen LogP contribution in [0.3, 0.4) is 0 Å². The second-order valence-corrected chi connectivity index (χ2v) is 13.7. The lowest BCUT2D eigenvalue weighted by atomic mass is 9.78. The zero-order valence-electron chi connectivity index (χ0n) is 29.3. The molecule has 2 fully saturated rings. The van der Waals surface area contributed by atoms with Crippen LogP contribution in [0.4, 0.5) is 0 Å². The van der Waals surface area contributed by atoms with E-state index in [9.17, 15) is 0 Å². The van der Waals surface area contributed by atoms with Crippen molar-refractivity contribution in [2.24, 2.45) is 0 Å². The fraction of sp³-hybridized carbons (Fsp3) is 0.415. The maximum absolute atomic E-state index is 5.98. The molecule has 49 heavy (non-hydrogen) atoms. The summed E-state index contributed by atoms with van der Waals surface area (Å²) < 4.78 is 45.5. The van der Waals surface area contributed by atoms with Gasteiger partial charge in [0.05, 0.1) is 13.2 Å². The standard InChI is InChI=1S/C41H48O8/c1-28(48-36-19-11-32(12-20-36)40(3,4)30-7-15-34(16-8-30)42-23-38-25-44-38)46-27-47-29(2)49-37-21-13-33(14-22-37)41(5,6)31-9-17-35(18-10-31)43-24-39-26-45-39/h7-22,28-29,38-39H,23-27H2,1-6H3. The average molecular weight is 669 g/mol. The van der Waals surface area contributed by atoms with Crippen LogP contribution in [-0.2, 0) is 29.8 Å². The van der Waals surface area contributed by atoms with E-state index in [-0.39, 0.29) is 29.8 Å². The summed E-state index contributed by atoms with van der Waals surface area (Å²) in [6.07, 6.45) is -0.525. The second kappa shape index (κ2) is 15.2. The molecule has 0 amide bonds. The van der Waals surface area contributed by atoms with Gasteiger partial charge in [-0.25, -0.2) is 0 Å². The fourth-order valence-electron chi connectivity index (χ4n) is 5.56. The van der Waals surface area contributed by atoms with Crippen molar-refractivity contribution in [1.82, 2.24) is 0 Å². The van der Waals surface area contributed by atoms with Crippen LogP contribution in [0.1, 0.15) is 63.8 Å². The van der Waals surface area contributed by atoms with Crippen molar-refractivity contribution >= 4 is 0 Å². The Hall–Kier alpha value is -4.08. The molecule has 0 spiro atoms. The van der Waals surface area contributed by atoms with Gasteiger partial charge >= 0.3 is 0 Å². The van der Waals surface area contributed by atoms with Gasteiger partial charge in [0.15, 0.2) is 19.4 Å². The first kappa shape index (κ1) is 34.8. The average Bonchev–Trinajstić information content (AvgIpc) is 4.04. The summed E-state index contributed by atoms with van der Waals surface area (Å²) in [6, 6.07) is 32.8. The van der Waals surface area contributed by atoms with E-state index in [1.54, 1.807) is 0 Å². The van der Waals surface area contributed by atoms with E-state index in [2.05, 4.69) is 76.2 Å². The highest BCUT2D eigenvalue weighted by atomic mass is 16.8. The van der Waals surface area contributed by atoms with E-state index in [0.717, 1.165) is 36.2 Å². The monoisotopic (exact) mass is 668 g/mol. The third-order valence-electron chi connectivity index (χ3n) is 9.19. The summed E-state index contributed by atoms with van der Waals surface area (Å²) in [6.45, 7) is 15.3. The van der Waals surface area contributed by atoms with Crippen LogP contribution >= 0.6 is 0 Å². The van der Waals surface area contributed by atoms with Crippen LogP contribution in [0.25, 0.3) is 0 Å². The summed E-state index contributed by atoms with van der Waals surface area (Å²) >= 11 is 0. The van der Waals surface area contributed by atoms with Crippen LogP contribution < -0.4 is 18.9 Å². The maximum Gasteiger partial charge on any atom is 0.199 e. The fourth-order valence-corrected chi connectivity index (χ4v) is 5.56. The van der Waals surface area contributed by atoms with Gasteiger partial charge in [0, 0.05) is 10.8 Å². The van der Waals surface area contributed by atoms with Gasteiger partial charge in [-0.05, 0) is 84.6 Å². The lowest BCUT2D eigenvalue weighted by molar-refractivity contribution is -0.196. The Bertz CT molecular complexity index is 1480. The van der Waals surface area contributed by atoms with Crippen LogP contribution in [0.15, 0.2) is 97.1 Å². The van der Waals surface area contributed by atoms with Crippen molar-refractivity contribution in [2.75, 3.05) is 33.2 Å². The Balaban J connectivity index is 0.919. The zero-order valence-corrected chi connectivity index (χ0v) is 29.3. The molecule has 0 aromatic heterocycles. The molecular formula is C41H48O8. The predicted molar refractivity (Wildman–Crippen MR) is 188 cm³/mol. The Morgan fingerprint density at radius 1 is 0.510 bits per heavy atom. The first-order chi connectivity index (χ1) is 23.6. The molecule has 4 atom stereocenters. The van der Waals surface area contributed by atoms with Crippen LogP contribution in [-0.4, -0.2) is 58.0 Å². The largest absolute Gasteiger partial charge is 0.491 e. The quantitative estimate of drug-likeness (QED) is 0.0779. The number of epoxide rings is 2. The molecule has 6 rings (SSSR count). The SMILES string of the molecule is CC(OCOC(C)Oc1ccc(C(C)(C)c2ccc(OCC3CO3)cc2)cc1)Oc1ccc(C(C)(C)c2ccc(OCC3CO3)cc2)cc1. The Morgan fingerprint density at radius 2 is 0.796 bits per heavy atom. The van der Waals surface area contributed by atoms with E-state index in [0.29, 0.717) is 13.2 Å². The lowest BCUT2D eigenvalue weighted by Gasteiger charge is -2.27. The van der Waals surface area contributed by atoms with Crippen molar-refractivity contribution in [1.29, 1.82) is 0 Å². The molecule has 4 unspecified atom stereocenters. The molecule has 2 heterocycles. The molecule has 260 valence electrons. The van der Waals surface area contributed by atoms with Gasteiger partial charge in [0.1, 0.15) is 48.4 Å². The van der Waals surface area contributed by atoms with Gasteiger partial charge in [-0.3, -0.25) is 0 Å². The molecule has 0 aliphatic carbocycles. The van der Waals surface area contributed by atoms with Gasteiger partial charge in [0.25, 0.3) is 0 Å². The molecule has 8 nitrogen and oxygen atoms in total. The molecule has 2 aliphatic heterocycles. The number of rotatable bonds is 18. The smallest absolute Gasteiger partial charge is 0.199 e. The van der Waals surface area contributed by atoms with Crippen molar-refractivity contribution in [3.05, 3.63) is 119 Å². The zero-order chi connectivity index (χ0) is 34.4. The minimum atomic E-state index is -0.506. The molecule has 4 aromatic rings. The third-order valence-corrected chi connectivity index (χ3v) is 9.19. The van der Waals surface area contributed by atoms with Gasteiger partial charge in [-0.2, -0.15) is 0 Å². The predicted octanol–water partition coefficient (Wildman–Crippen LogP) is 8.03. The second-order valence-electron chi connectivity index (χ2n) is 13.7. The van der Waals surface area contributed by atoms with Gasteiger partial charge in [-0.15, -0.1) is 0 Å². The molecule has 2 aliphatic rings. The molecular weight excluding hydrogens is 620 g/mol. The molecule has 4 aromatic carbocycles. The summed E-state index contributed by atoms with van der Waals surface area (Å²) in [7, 11) is 0. The molecule has 2 saturated heterocycles. The summed E-state index contributed by atoms with van der Waals surface area (Å²) in [5.74, 6) is 3.16. The molecule has 0 bridgehead atoms. The van der Waals surface area contributed by atoms with Crippen LogP contribution in [0.2, 0.25) is 0 Å². The topological polar surface area (TPSA) is 80.4 Å². The minimum absolute atomic E-state index is 0.0271. The Labute approximate surface area is 290 Å². The van der Waals surface area contributed by atoms with Crippen LogP contribution in [0.5, 0.6) is 23.0 Å². The van der Waals surface area contributed by atoms with E-state index >= 15 is 0 Å². The van der Waals surface area contributed by atoms with E-state index in [4.69, 9.17) is 37.9 Å².